The number of amides is 3. The molecular formula is C25H37N3O6S2. The maximum atomic E-state index is 13.2. The first-order chi connectivity index (χ1) is 17.0. The second-order valence-electron chi connectivity index (χ2n) is 9.55. The summed E-state index contributed by atoms with van der Waals surface area (Å²) in [5.41, 5.74) is -0.00452. The van der Waals surface area contributed by atoms with Gasteiger partial charge in [-0.05, 0) is 31.3 Å². The molecule has 200 valence electrons. The van der Waals surface area contributed by atoms with Gasteiger partial charge in [-0.3, -0.25) is 19.2 Å². The van der Waals surface area contributed by atoms with Crippen LogP contribution in [0.5, 0.6) is 0 Å². The highest BCUT2D eigenvalue weighted by atomic mass is 33.1. The fourth-order valence-electron chi connectivity index (χ4n) is 3.77. The minimum absolute atomic E-state index is 0.00452. The lowest BCUT2D eigenvalue weighted by Crippen LogP contribution is -2.50. The number of ether oxygens (including phenoxy) is 1. The van der Waals surface area contributed by atoms with Gasteiger partial charge in [-0.2, -0.15) is 0 Å². The van der Waals surface area contributed by atoms with Gasteiger partial charge >= 0.3 is 5.97 Å². The molecule has 2 bridgehead atoms. The highest BCUT2D eigenvalue weighted by Gasteiger charge is 2.33. The van der Waals surface area contributed by atoms with Crippen molar-refractivity contribution >= 4 is 51.1 Å². The number of hydrogen-bond acceptors (Lipinski definition) is 8. The summed E-state index contributed by atoms with van der Waals surface area (Å²) in [4.78, 5) is 65.4. The van der Waals surface area contributed by atoms with Crippen LogP contribution in [0.2, 0.25) is 0 Å². The fraction of sp³-hybridized carbons (Fsp3) is 0.640. The Morgan fingerprint density at radius 3 is 2.31 bits per heavy atom. The zero-order valence-corrected chi connectivity index (χ0v) is 23.1. The van der Waals surface area contributed by atoms with E-state index in [2.05, 4.69) is 16.0 Å². The zero-order chi connectivity index (χ0) is 26.8. The standard InChI is InChI=1S/C25H37N3O6S2/c1-6-18-24(32)28-22(15(4)5)25(33)34-17-9-7-8-10-35-36-13-16(23(31)26-18)11-19(29)21(14(2)3)27-20(30)12-17/h6-7,9,14-17,21-22H,8,10-13H2,1-5H3,(H,26,31)(H,27,30)(H,28,32)/b9-7+,18-6-/t16-,17-,21+,22+/m1/s1. The molecule has 2 aliphatic rings. The molecule has 11 heteroatoms. The van der Waals surface area contributed by atoms with Crippen molar-refractivity contribution in [3.05, 3.63) is 23.9 Å². The van der Waals surface area contributed by atoms with Gasteiger partial charge in [0.05, 0.1) is 18.4 Å². The van der Waals surface area contributed by atoms with Gasteiger partial charge in [0, 0.05) is 17.9 Å². The Hall–Kier alpha value is -2.27. The molecule has 2 heterocycles. The molecule has 1 saturated heterocycles. The van der Waals surface area contributed by atoms with Crippen LogP contribution in [0.1, 0.15) is 53.9 Å². The third kappa shape index (κ3) is 8.99. The second kappa shape index (κ2) is 14.5. The molecule has 2 rings (SSSR count). The van der Waals surface area contributed by atoms with Crippen LogP contribution < -0.4 is 16.0 Å². The number of carbonyl (C=O) groups excluding carboxylic acids is 5. The van der Waals surface area contributed by atoms with Gasteiger partial charge in [-0.15, -0.1) is 0 Å². The number of allylic oxidation sites excluding steroid dienone is 2. The summed E-state index contributed by atoms with van der Waals surface area (Å²) in [6.07, 6.45) is 4.56. The van der Waals surface area contributed by atoms with Crippen molar-refractivity contribution in [2.45, 2.75) is 72.1 Å². The average Bonchev–Trinajstić information content (AvgIpc) is 2.81. The van der Waals surface area contributed by atoms with E-state index < -0.39 is 47.8 Å². The van der Waals surface area contributed by atoms with Crippen LogP contribution >= 0.6 is 21.6 Å². The molecular weight excluding hydrogens is 502 g/mol. The maximum Gasteiger partial charge on any atom is 0.329 e. The Bertz CT molecular complexity index is 902. The molecule has 0 aromatic carbocycles. The van der Waals surface area contributed by atoms with Gasteiger partial charge in [0.1, 0.15) is 17.8 Å². The molecule has 2 aliphatic heterocycles. The molecule has 0 unspecified atom stereocenters. The molecule has 0 aromatic rings. The van der Waals surface area contributed by atoms with E-state index in [0.29, 0.717) is 12.2 Å². The van der Waals surface area contributed by atoms with Crippen molar-refractivity contribution in [1.29, 1.82) is 0 Å². The van der Waals surface area contributed by atoms with Gasteiger partial charge < -0.3 is 20.7 Å². The Labute approximate surface area is 220 Å². The van der Waals surface area contributed by atoms with E-state index in [1.165, 1.54) is 16.9 Å². The topological polar surface area (TPSA) is 131 Å². The maximum absolute atomic E-state index is 13.2. The van der Waals surface area contributed by atoms with Crippen LogP contribution in [-0.2, 0) is 28.7 Å². The van der Waals surface area contributed by atoms with Crippen LogP contribution in [0.15, 0.2) is 23.9 Å². The monoisotopic (exact) mass is 539 g/mol. The SMILES string of the molecule is C/C=C1\NC(=O)[C@H]2CSSCC/C=C/[C@H](CC(=O)N[C@@H](C(C)C)C(=O)C2)OC(=O)[C@H](C(C)C)NC1=O. The van der Waals surface area contributed by atoms with E-state index in [4.69, 9.17) is 4.74 Å². The van der Waals surface area contributed by atoms with Gasteiger partial charge in [0.25, 0.3) is 5.91 Å². The Kier molecular flexibility index (Phi) is 12.0. The quantitative estimate of drug-likeness (QED) is 0.211. The molecule has 3 N–H and O–H groups in total. The second-order valence-corrected chi connectivity index (χ2v) is 12.2. The van der Waals surface area contributed by atoms with Crippen LogP contribution in [0.4, 0.5) is 0 Å². The predicted molar refractivity (Wildman–Crippen MR) is 142 cm³/mol. The first kappa shape index (κ1) is 30.0. The van der Waals surface area contributed by atoms with Crippen molar-refractivity contribution in [3.63, 3.8) is 0 Å². The fourth-order valence-corrected chi connectivity index (χ4v) is 6.07. The molecule has 36 heavy (non-hydrogen) atoms. The van der Waals surface area contributed by atoms with Crippen molar-refractivity contribution in [2.24, 2.45) is 17.8 Å². The first-order valence-corrected chi connectivity index (χ1v) is 14.7. The lowest BCUT2D eigenvalue weighted by Gasteiger charge is -2.27. The zero-order valence-electron chi connectivity index (χ0n) is 21.5. The molecule has 0 saturated carbocycles. The highest BCUT2D eigenvalue weighted by Crippen LogP contribution is 2.27. The van der Waals surface area contributed by atoms with Gasteiger partial charge in [-0.25, -0.2) is 4.79 Å². The first-order valence-electron chi connectivity index (χ1n) is 12.2. The van der Waals surface area contributed by atoms with Gasteiger partial charge in [-0.1, -0.05) is 61.4 Å². The summed E-state index contributed by atoms with van der Waals surface area (Å²) < 4.78 is 5.67. The molecule has 0 spiro atoms. The smallest absolute Gasteiger partial charge is 0.329 e. The van der Waals surface area contributed by atoms with Crippen molar-refractivity contribution in [2.75, 3.05) is 11.5 Å². The number of Topliss-reactive ketones (excluding diaryl/α,β-unsaturated/α-hetero) is 1. The Morgan fingerprint density at radius 2 is 1.67 bits per heavy atom. The summed E-state index contributed by atoms with van der Waals surface area (Å²) in [7, 11) is 3.05. The Balaban J connectivity index is 2.55. The van der Waals surface area contributed by atoms with E-state index >= 15 is 0 Å². The average molecular weight is 540 g/mol. The summed E-state index contributed by atoms with van der Waals surface area (Å²) in [5, 5.41) is 8.08. The van der Waals surface area contributed by atoms with Crippen molar-refractivity contribution < 1.29 is 28.7 Å². The van der Waals surface area contributed by atoms with Crippen LogP contribution in [0, 0.1) is 17.8 Å². The Morgan fingerprint density at radius 1 is 0.972 bits per heavy atom. The number of ketones is 1. The molecule has 4 atom stereocenters. The van der Waals surface area contributed by atoms with Crippen LogP contribution in [0.25, 0.3) is 0 Å². The summed E-state index contributed by atoms with van der Waals surface area (Å²) in [6.45, 7) is 8.78. The van der Waals surface area contributed by atoms with Crippen molar-refractivity contribution in [1.82, 2.24) is 16.0 Å². The van der Waals surface area contributed by atoms with Gasteiger partial charge in [0.15, 0.2) is 5.78 Å². The minimum Gasteiger partial charge on any atom is -0.456 e. The largest absolute Gasteiger partial charge is 0.456 e. The number of fused-ring (bicyclic) bond motifs is 7. The predicted octanol–water partition coefficient (Wildman–Crippen LogP) is 2.52. The summed E-state index contributed by atoms with van der Waals surface area (Å²) >= 11 is 0. The van der Waals surface area contributed by atoms with Crippen LogP contribution in [0.3, 0.4) is 0 Å². The third-order valence-corrected chi connectivity index (χ3v) is 8.39. The molecule has 1 fully saturated rings. The minimum atomic E-state index is -0.987. The van der Waals surface area contributed by atoms with E-state index in [-0.39, 0.29) is 36.2 Å². The van der Waals surface area contributed by atoms with E-state index in [1.54, 1.807) is 37.6 Å². The summed E-state index contributed by atoms with van der Waals surface area (Å²) in [6, 6.07) is -1.78. The third-order valence-electron chi connectivity index (χ3n) is 5.87. The van der Waals surface area contributed by atoms with E-state index in [1.807, 2.05) is 19.9 Å². The number of carbonyl (C=O) groups is 5. The summed E-state index contributed by atoms with van der Waals surface area (Å²) in [5.74, 6) is -2.59. The molecule has 0 aromatic heterocycles. The van der Waals surface area contributed by atoms with Crippen LogP contribution in [-0.4, -0.2) is 59.2 Å². The molecule has 0 aliphatic carbocycles. The van der Waals surface area contributed by atoms with E-state index in [0.717, 1.165) is 5.75 Å². The lowest BCUT2D eigenvalue weighted by atomic mass is 9.92. The highest BCUT2D eigenvalue weighted by molar-refractivity contribution is 8.76. The molecule has 9 nitrogen and oxygen atoms in total. The van der Waals surface area contributed by atoms with E-state index in [9.17, 15) is 24.0 Å². The molecule has 3 amide bonds. The number of nitrogens with one attached hydrogen (secondary N) is 3. The normalized spacial score (nSPS) is 29.9. The van der Waals surface area contributed by atoms with Gasteiger partial charge in [0.2, 0.25) is 11.8 Å². The number of rotatable bonds is 2. The van der Waals surface area contributed by atoms with Crippen molar-refractivity contribution in [3.8, 4) is 0 Å². The molecule has 0 radical (unpaired) electrons. The number of esters is 1. The lowest BCUT2D eigenvalue weighted by molar-refractivity contribution is -0.153. The number of hydrogen-bond donors (Lipinski definition) is 3.